The van der Waals surface area contributed by atoms with Gasteiger partial charge in [-0.25, -0.2) is 12.8 Å². The molecule has 1 N–H and O–H groups in total. The van der Waals surface area contributed by atoms with Gasteiger partial charge in [-0.15, -0.1) is 11.3 Å². The first-order valence-electron chi connectivity index (χ1n) is 11.8. The third-order valence-electron chi connectivity index (χ3n) is 5.86. The fraction of sp³-hybridized carbons (Fsp3) is 0.172. The van der Waals surface area contributed by atoms with Crippen LogP contribution in [0.5, 0.6) is 0 Å². The van der Waals surface area contributed by atoms with E-state index in [1.807, 2.05) is 12.1 Å². The Morgan fingerprint density at radius 2 is 1.58 bits per heavy atom. The number of halogens is 1. The van der Waals surface area contributed by atoms with Crippen LogP contribution in [0.25, 0.3) is 0 Å². The van der Waals surface area contributed by atoms with Crippen molar-refractivity contribution in [3.8, 4) is 0 Å². The molecule has 9 heteroatoms. The largest absolute Gasteiger partial charge is 0.324 e. The highest BCUT2D eigenvalue weighted by atomic mass is 32.2. The number of anilines is 2. The molecule has 0 radical (unpaired) electrons. The van der Waals surface area contributed by atoms with Gasteiger partial charge in [0.15, 0.2) is 5.78 Å². The molecule has 0 aliphatic heterocycles. The number of hydrogen-bond acceptors (Lipinski definition) is 5. The van der Waals surface area contributed by atoms with Gasteiger partial charge < -0.3 is 5.32 Å². The summed E-state index contributed by atoms with van der Waals surface area (Å²) >= 11 is 1.02. The van der Waals surface area contributed by atoms with Crippen molar-refractivity contribution in [3.05, 3.63) is 113 Å². The van der Waals surface area contributed by atoms with Crippen molar-refractivity contribution in [1.29, 1.82) is 0 Å². The van der Waals surface area contributed by atoms with Gasteiger partial charge in [-0.3, -0.25) is 13.9 Å². The lowest BCUT2D eigenvalue weighted by Gasteiger charge is -2.23. The van der Waals surface area contributed by atoms with E-state index >= 15 is 0 Å². The number of thiophene rings is 1. The summed E-state index contributed by atoms with van der Waals surface area (Å²) in [5, 5.41) is 4.30. The predicted molar refractivity (Wildman–Crippen MR) is 149 cm³/mol. The molecule has 0 spiro atoms. The molecule has 1 aromatic heterocycles. The van der Waals surface area contributed by atoms with E-state index in [0.29, 0.717) is 16.8 Å². The summed E-state index contributed by atoms with van der Waals surface area (Å²) in [5.74, 6) is -1.34. The second kappa shape index (κ2) is 10.9. The molecule has 0 fully saturated rings. The van der Waals surface area contributed by atoms with E-state index in [0.717, 1.165) is 33.3 Å². The molecule has 0 bridgehead atoms. The third kappa shape index (κ3) is 6.17. The molecule has 1 heterocycles. The van der Waals surface area contributed by atoms with Crippen LogP contribution in [0.4, 0.5) is 15.8 Å². The molecule has 0 unspecified atom stereocenters. The fourth-order valence-electron chi connectivity index (χ4n) is 3.80. The number of ketones is 1. The van der Waals surface area contributed by atoms with Crippen molar-refractivity contribution in [3.63, 3.8) is 0 Å². The van der Waals surface area contributed by atoms with Gasteiger partial charge in [-0.05, 0) is 58.8 Å². The molecule has 4 aromatic rings. The molecule has 3 aromatic carbocycles. The molecule has 0 saturated heterocycles. The minimum absolute atomic E-state index is 0.0372. The molecule has 0 aliphatic carbocycles. The third-order valence-corrected chi connectivity index (χ3v) is 9.01. The molecule has 196 valence electrons. The van der Waals surface area contributed by atoms with Crippen LogP contribution in [0.3, 0.4) is 0 Å². The number of sulfonamides is 1. The van der Waals surface area contributed by atoms with Crippen molar-refractivity contribution < 1.29 is 22.4 Å². The van der Waals surface area contributed by atoms with Gasteiger partial charge in [-0.1, -0.05) is 63.2 Å². The highest BCUT2D eigenvalue weighted by Gasteiger charge is 2.28. The minimum Gasteiger partial charge on any atom is -0.324 e. The molecule has 4 rings (SSSR count). The summed E-state index contributed by atoms with van der Waals surface area (Å²) in [4.78, 5) is 26.1. The highest BCUT2D eigenvalue weighted by molar-refractivity contribution is 7.94. The van der Waals surface area contributed by atoms with E-state index in [4.69, 9.17) is 0 Å². The van der Waals surface area contributed by atoms with Gasteiger partial charge >= 0.3 is 0 Å². The summed E-state index contributed by atoms with van der Waals surface area (Å²) < 4.78 is 41.0. The molecule has 0 aliphatic rings. The van der Waals surface area contributed by atoms with Gasteiger partial charge in [0.1, 0.15) is 16.6 Å². The van der Waals surface area contributed by atoms with Crippen molar-refractivity contribution in [2.75, 3.05) is 16.2 Å². The number of carbonyl (C=O) groups is 2. The van der Waals surface area contributed by atoms with Crippen LogP contribution < -0.4 is 9.62 Å². The quantitative estimate of drug-likeness (QED) is 0.263. The maximum atomic E-state index is 13.5. The Morgan fingerprint density at radius 3 is 2.18 bits per heavy atom. The van der Waals surface area contributed by atoms with E-state index in [1.165, 1.54) is 18.2 Å². The average Bonchev–Trinajstić information content (AvgIpc) is 3.43. The van der Waals surface area contributed by atoms with Gasteiger partial charge in [0, 0.05) is 16.8 Å². The summed E-state index contributed by atoms with van der Waals surface area (Å²) in [6, 6.07) is 21.8. The van der Waals surface area contributed by atoms with Crippen molar-refractivity contribution in [1.82, 2.24) is 0 Å². The Hall–Kier alpha value is -3.82. The van der Waals surface area contributed by atoms with Crippen LogP contribution in [-0.2, 0) is 20.2 Å². The van der Waals surface area contributed by atoms with Crippen molar-refractivity contribution in [2.24, 2.45) is 0 Å². The molecule has 0 saturated carbocycles. The monoisotopic (exact) mass is 550 g/mol. The number of hydrogen-bond donors (Lipinski definition) is 1. The maximum Gasteiger partial charge on any atom is 0.274 e. The Bertz CT molecular complexity index is 1540. The molecule has 38 heavy (non-hydrogen) atoms. The van der Waals surface area contributed by atoms with Gasteiger partial charge in [0.25, 0.3) is 10.0 Å². The zero-order valence-electron chi connectivity index (χ0n) is 21.1. The van der Waals surface area contributed by atoms with Crippen LogP contribution in [0.15, 0.2) is 94.5 Å². The first kappa shape index (κ1) is 27.2. The Kier molecular flexibility index (Phi) is 7.80. The first-order chi connectivity index (χ1) is 17.9. The predicted octanol–water partition coefficient (Wildman–Crippen LogP) is 6.25. The fourth-order valence-corrected chi connectivity index (χ4v) is 6.32. The summed E-state index contributed by atoms with van der Waals surface area (Å²) in [5.41, 5.74) is 2.47. The summed E-state index contributed by atoms with van der Waals surface area (Å²) in [6.07, 6.45) is 0. The lowest BCUT2D eigenvalue weighted by Crippen LogP contribution is -2.37. The normalized spacial score (nSPS) is 11.7. The smallest absolute Gasteiger partial charge is 0.274 e. The van der Waals surface area contributed by atoms with E-state index in [9.17, 15) is 22.4 Å². The van der Waals surface area contributed by atoms with Crippen LogP contribution in [0.2, 0.25) is 0 Å². The maximum absolute atomic E-state index is 13.5. The van der Waals surface area contributed by atoms with Crippen molar-refractivity contribution >= 4 is 44.4 Å². The Morgan fingerprint density at radius 1 is 0.895 bits per heavy atom. The second-order valence-electron chi connectivity index (χ2n) is 9.71. The van der Waals surface area contributed by atoms with Gasteiger partial charge in [0.2, 0.25) is 5.91 Å². The summed E-state index contributed by atoms with van der Waals surface area (Å²) in [7, 11) is -4.07. The number of rotatable bonds is 8. The van der Waals surface area contributed by atoms with Gasteiger partial charge in [-0.2, -0.15) is 0 Å². The number of carbonyl (C=O) groups excluding carboxylic acids is 2. The molecular weight excluding hydrogens is 523 g/mol. The number of amides is 1. The second-order valence-corrected chi connectivity index (χ2v) is 12.7. The molecule has 0 atom stereocenters. The molecule has 1 amide bonds. The standard InChI is InChI=1S/C29H27FN2O4S2/c1-29(2,3)22-11-9-20(10-12-22)28(34)21-6-4-7-24(18-21)31-26(33)19-32(25-15-13-23(30)14-16-25)38(35,36)27-8-5-17-37-27/h4-18H,19H2,1-3H3,(H,31,33). The summed E-state index contributed by atoms with van der Waals surface area (Å²) in [6.45, 7) is 5.74. The zero-order valence-corrected chi connectivity index (χ0v) is 22.8. The number of nitrogens with one attached hydrogen (secondary N) is 1. The van der Waals surface area contributed by atoms with Crippen LogP contribution in [0.1, 0.15) is 42.3 Å². The van der Waals surface area contributed by atoms with E-state index in [2.05, 4.69) is 26.1 Å². The van der Waals surface area contributed by atoms with E-state index < -0.39 is 28.3 Å². The van der Waals surface area contributed by atoms with Crippen molar-refractivity contribution in [2.45, 2.75) is 30.4 Å². The Labute approximate surface area is 225 Å². The lowest BCUT2D eigenvalue weighted by atomic mass is 9.86. The molecule has 6 nitrogen and oxygen atoms in total. The SMILES string of the molecule is CC(C)(C)c1ccc(C(=O)c2cccc(NC(=O)CN(c3ccc(F)cc3)S(=O)(=O)c3cccs3)c2)cc1. The lowest BCUT2D eigenvalue weighted by molar-refractivity contribution is -0.114. The number of nitrogens with zero attached hydrogens (tertiary/aromatic N) is 1. The Balaban J connectivity index is 1.54. The zero-order chi connectivity index (χ0) is 27.5. The van der Waals surface area contributed by atoms with Crippen LogP contribution in [0, 0.1) is 5.82 Å². The number of benzene rings is 3. The highest BCUT2D eigenvalue weighted by Crippen LogP contribution is 2.27. The van der Waals surface area contributed by atoms with Crippen LogP contribution >= 0.6 is 11.3 Å². The average molecular weight is 551 g/mol. The topological polar surface area (TPSA) is 83.6 Å². The molecular formula is C29H27FN2O4S2. The van der Waals surface area contributed by atoms with E-state index in [-0.39, 0.29) is 21.1 Å². The van der Waals surface area contributed by atoms with E-state index in [1.54, 1.807) is 47.8 Å². The van der Waals surface area contributed by atoms with Gasteiger partial charge in [0.05, 0.1) is 5.69 Å². The minimum atomic E-state index is -4.07. The first-order valence-corrected chi connectivity index (χ1v) is 14.1. The van der Waals surface area contributed by atoms with Crippen LogP contribution in [-0.4, -0.2) is 26.7 Å².